The van der Waals surface area contributed by atoms with Gasteiger partial charge in [-0.3, -0.25) is 0 Å². The van der Waals surface area contributed by atoms with Gasteiger partial charge >= 0.3 is 0 Å². The molecule has 1 fully saturated rings. The lowest BCUT2D eigenvalue weighted by Crippen LogP contribution is -2.23. The number of hydrogen-bond acceptors (Lipinski definition) is 2. The van der Waals surface area contributed by atoms with Gasteiger partial charge in [0.15, 0.2) is 0 Å². The molecule has 1 aliphatic heterocycles. The Hall–Kier alpha value is -1.16. The van der Waals surface area contributed by atoms with Crippen molar-refractivity contribution in [1.29, 1.82) is 0 Å². The molecule has 1 saturated heterocycles. The highest BCUT2D eigenvalue weighted by atomic mass is 19.3. The Bertz CT molecular complexity index is 409. The molecule has 2 rings (SSSR count). The van der Waals surface area contributed by atoms with E-state index in [1.54, 1.807) is 12.1 Å². The molecule has 0 radical (unpaired) electrons. The van der Waals surface area contributed by atoms with Crippen molar-refractivity contribution in [3.05, 3.63) is 29.3 Å². The fraction of sp³-hybridized carbons (Fsp3) is 0.571. The highest BCUT2D eigenvalue weighted by Crippen LogP contribution is 2.35. The molecule has 1 atom stereocenters. The second kappa shape index (κ2) is 5.22. The van der Waals surface area contributed by atoms with Crippen LogP contribution < -0.4 is 10.1 Å². The van der Waals surface area contributed by atoms with Crippen molar-refractivity contribution in [2.45, 2.75) is 38.2 Å². The van der Waals surface area contributed by atoms with Crippen molar-refractivity contribution in [2.75, 3.05) is 13.7 Å². The third-order valence-corrected chi connectivity index (χ3v) is 3.38. The van der Waals surface area contributed by atoms with Crippen LogP contribution in [-0.2, 0) is 12.3 Å². The Kier molecular flexibility index (Phi) is 3.85. The minimum absolute atomic E-state index is 0.0273. The largest absolute Gasteiger partial charge is 0.496 e. The van der Waals surface area contributed by atoms with Crippen LogP contribution in [0, 0.1) is 0 Å². The summed E-state index contributed by atoms with van der Waals surface area (Å²) in [6.45, 7) is 1.93. The molecule has 100 valence electrons. The fourth-order valence-electron chi connectivity index (χ4n) is 2.44. The van der Waals surface area contributed by atoms with Crippen LogP contribution in [0.25, 0.3) is 0 Å². The Morgan fingerprint density at radius 2 is 2.22 bits per heavy atom. The molecule has 1 aromatic rings. The predicted molar refractivity (Wildman–Crippen MR) is 67.3 cm³/mol. The lowest BCUT2D eigenvalue weighted by Gasteiger charge is -2.17. The maximum absolute atomic E-state index is 13.5. The standard InChI is InChI=1S/C14H19F2NO/c1-14(15,16)12-9-10(5-6-13(12)18-2)8-11-4-3-7-17-11/h5-6,9,11,17H,3-4,7-8H2,1-2H3. The SMILES string of the molecule is COc1ccc(CC2CCCN2)cc1C(C)(F)F. The summed E-state index contributed by atoms with van der Waals surface area (Å²) in [7, 11) is 1.42. The van der Waals surface area contributed by atoms with Crippen LogP contribution >= 0.6 is 0 Å². The third-order valence-electron chi connectivity index (χ3n) is 3.38. The Morgan fingerprint density at radius 3 is 2.78 bits per heavy atom. The van der Waals surface area contributed by atoms with Gasteiger partial charge in [-0.15, -0.1) is 0 Å². The van der Waals surface area contributed by atoms with Gasteiger partial charge in [-0.1, -0.05) is 6.07 Å². The predicted octanol–water partition coefficient (Wildman–Crippen LogP) is 3.10. The van der Waals surface area contributed by atoms with E-state index in [0.29, 0.717) is 6.04 Å². The van der Waals surface area contributed by atoms with Gasteiger partial charge in [0.05, 0.1) is 12.7 Å². The average molecular weight is 255 g/mol. The van der Waals surface area contributed by atoms with Crippen molar-refractivity contribution in [3.63, 3.8) is 0 Å². The van der Waals surface area contributed by atoms with E-state index >= 15 is 0 Å². The summed E-state index contributed by atoms with van der Waals surface area (Å²) in [5.74, 6) is -2.62. The fourth-order valence-corrected chi connectivity index (χ4v) is 2.44. The smallest absolute Gasteiger partial charge is 0.274 e. The second-order valence-electron chi connectivity index (χ2n) is 4.92. The molecule has 2 nitrogen and oxygen atoms in total. The maximum atomic E-state index is 13.5. The zero-order valence-electron chi connectivity index (χ0n) is 10.8. The van der Waals surface area contributed by atoms with Crippen molar-refractivity contribution in [1.82, 2.24) is 5.32 Å². The van der Waals surface area contributed by atoms with Gasteiger partial charge in [0, 0.05) is 13.0 Å². The zero-order valence-corrected chi connectivity index (χ0v) is 10.8. The normalized spacial score (nSPS) is 20.1. The molecule has 0 aliphatic carbocycles. The van der Waals surface area contributed by atoms with E-state index in [1.165, 1.54) is 7.11 Å². The summed E-state index contributed by atoms with van der Waals surface area (Å²) >= 11 is 0. The molecule has 4 heteroatoms. The lowest BCUT2D eigenvalue weighted by atomic mass is 9.99. The van der Waals surface area contributed by atoms with E-state index in [0.717, 1.165) is 38.3 Å². The monoisotopic (exact) mass is 255 g/mol. The van der Waals surface area contributed by atoms with Crippen LogP contribution in [0.5, 0.6) is 5.75 Å². The molecule has 0 amide bonds. The summed E-state index contributed by atoms with van der Waals surface area (Å²) in [4.78, 5) is 0. The van der Waals surface area contributed by atoms with Crippen LogP contribution in [0.3, 0.4) is 0 Å². The van der Waals surface area contributed by atoms with Crippen LogP contribution in [0.4, 0.5) is 8.78 Å². The summed E-state index contributed by atoms with van der Waals surface area (Å²) < 4.78 is 32.0. The number of alkyl halides is 2. The summed E-state index contributed by atoms with van der Waals surface area (Å²) in [6, 6.07) is 5.49. The molecule has 0 spiro atoms. The van der Waals surface area contributed by atoms with E-state index in [9.17, 15) is 8.78 Å². The molecule has 18 heavy (non-hydrogen) atoms. The molecular weight excluding hydrogens is 236 g/mol. The number of ether oxygens (including phenoxy) is 1. The molecule has 0 bridgehead atoms. The average Bonchev–Trinajstić information content (AvgIpc) is 2.80. The van der Waals surface area contributed by atoms with Crippen LogP contribution in [0.2, 0.25) is 0 Å². The van der Waals surface area contributed by atoms with Gasteiger partial charge in [-0.2, -0.15) is 0 Å². The molecule has 0 aromatic heterocycles. The van der Waals surface area contributed by atoms with Crippen LogP contribution in [0.1, 0.15) is 30.9 Å². The summed E-state index contributed by atoms with van der Waals surface area (Å²) in [5, 5.41) is 3.37. The number of rotatable bonds is 4. The first-order valence-corrected chi connectivity index (χ1v) is 6.29. The van der Waals surface area contributed by atoms with Gasteiger partial charge in [-0.05, 0) is 43.5 Å². The number of methoxy groups -OCH3 is 1. The molecular formula is C14H19F2NO. The molecule has 1 aromatic carbocycles. The first kappa shape index (κ1) is 13.3. The van der Waals surface area contributed by atoms with Gasteiger partial charge in [0.25, 0.3) is 5.92 Å². The molecule has 1 heterocycles. The second-order valence-corrected chi connectivity index (χ2v) is 4.92. The first-order valence-electron chi connectivity index (χ1n) is 6.29. The number of halogens is 2. The molecule has 0 saturated carbocycles. The van der Waals surface area contributed by atoms with E-state index < -0.39 is 5.92 Å². The van der Waals surface area contributed by atoms with E-state index in [2.05, 4.69) is 5.32 Å². The topological polar surface area (TPSA) is 21.3 Å². The third kappa shape index (κ3) is 2.99. The number of nitrogens with one attached hydrogen (secondary N) is 1. The zero-order chi connectivity index (χ0) is 13.2. The minimum atomic E-state index is -2.87. The van der Waals surface area contributed by atoms with Crippen molar-refractivity contribution >= 4 is 0 Å². The molecule has 1 unspecified atom stereocenters. The van der Waals surface area contributed by atoms with Gasteiger partial charge in [-0.25, -0.2) is 8.78 Å². The van der Waals surface area contributed by atoms with Crippen LogP contribution in [-0.4, -0.2) is 19.7 Å². The first-order chi connectivity index (χ1) is 8.50. The Labute approximate surface area is 106 Å². The Morgan fingerprint density at radius 1 is 1.44 bits per heavy atom. The van der Waals surface area contributed by atoms with E-state index in [-0.39, 0.29) is 11.3 Å². The van der Waals surface area contributed by atoms with E-state index in [4.69, 9.17) is 4.74 Å². The molecule has 1 N–H and O–H groups in total. The molecule has 1 aliphatic rings. The van der Waals surface area contributed by atoms with Crippen molar-refractivity contribution < 1.29 is 13.5 Å². The summed E-state index contributed by atoms with van der Waals surface area (Å²) in [6.07, 6.45) is 3.08. The van der Waals surface area contributed by atoms with Crippen molar-refractivity contribution in [2.24, 2.45) is 0 Å². The maximum Gasteiger partial charge on any atom is 0.274 e. The minimum Gasteiger partial charge on any atom is -0.496 e. The van der Waals surface area contributed by atoms with E-state index in [1.807, 2.05) is 6.07 Å². The van der Waals surface area contributed by atoms with Gasteiger partial charge in [0.2, 0.25) is 0 Å². The lowest BCUT2D eigenvalue weighted by molar-refractivity contribution is 0.0150. The quantitative estimate of drug-likeness (QED) is 0.892. The highest BCUT2D eigenvalue weighted by Gasteiger charge is 2.29. The van der Waals surface area contributed by atoms with Gasteiger partial charge in [0.1, 0.15) is 5.75 Å². The highest BCUT2D eigenvalue weighted by molar-refractivity contribution is 5.40. The van der Waals surface area contributed by atoms with Crippen LogP contribution in [0.15, 0.2) is 18.2 Å². The van der Waals surface area contributed by atoms with Gasteiger partial charge < -0.3 is 10.1 Å². The Balaban J connectivity index is 2.22. The number of benzene rings is 1. The summed E-state index contributed by atoms with van der Waals surface area (Å²) in [5.41, 5.74) is 0.909. The number of hydrogen-bond donors (Lipinski definition) is 1. The van der Waals surface area contributed by atoms with Crippen molar-refractivity contribution in [3.8, 4) is 5.75 Å².